The molecule has 134 valence electrons. The molecule has 8 heteroatoms. The van der Waals surface area contributed by atoms with Crippen molar-refractivity contribution in [3.63, 3.8) is 0 Å². The number of carboxylic acid groups (broad SMARTS) is 1. The maximum atomic E-state index is 12.9. The van der Waals surface area contributed by atoms with Crippen LogP contribution in [0.5, 0.6) is 0 Å². The molecule has 1 aromatic rings. The second kappa shape index (κ2) is 7.43. The molecule has 0 aromatic heterocycles. The topological polar surface area (TPSA) is 77.9 Å². The molecule has 2 aliphatic rings. The number of thioether (sulfide) groups is 1. The molecule has 0 radical (unpaired) electrons. The third-order valence-corrected chi connectivity index (χ3v) is 5.53. The van der Waals surface area contributed by atoms with Crippen LogP contribution in [0.4, 0.5) is 5.69 Å². The number of hydrogen-bond donors (Lipinski definition) is 1. The molecule has 0 spiro atoms. The summed E-state index contributed by atoms with van der Waals surface area (Å²) in [6.45, 7) is 4.25. The van der Waals surface area contributed by atoms with Crippen LogP contribution in [0.15, 0.2) is 41.8 Å². The van der Waals surface area contributed by atoms with Crippen molar-refractivity contribution in [3.05, 3.63) is 47.4 Å². The first-order valence-electron chi connectivity index (χ1n) is 7.97. The smallest absolute Gasteiger partial charge is 0.303 e. The Labute approximate surface area is 160 Å². The van der Waals surface area contributed by atoms with Crippen molar-refractivity contribution in [2.45, 2.75) is 12.8 Å². The van der Waals surface area contributed by atoms with E-state index in [0.717, 1.165) is 17.4 Å². The SMILES string of the molecule is C=CCN1C(=O)C(=C2SC(=S)N(CCCC(=O)O)C2=O)c2ccccc21. The van der Waals surface area contributed by atoms with Crippen molar-refractivity contribution in [2.24, 2.45) is 0 Å². The number of amides is 2. The lowest BCUT2D eigenvalue weighted by Gasteiger charge is -2.14. The normalized spacial score (nSPS) is 19.3. The van der Waals surface area contributed by atoms with Crippen LogP contribution in [-0.4, -0.2) is 45.2 Å². The van der Waals surface area contributed by atoms with Crippen LogP contribution >= 0.6 is 24.0 Å². The zero-order chi connectivity index (χ0) is 18.8. The largest absolute Gasteiger partial charge is 0.481 e. The van der Waals surface area contributed by atoms with Crippen LogP contribution in [0.1, 0.15) is 18.4 Å². The second-order valence-electron chi connectivity index (χ2n) is 5.75. The van der Waals surface area contributed by atoms with Gasteiger partial charge in [0.1, 0.15) is 4.32 Å². The number of anilines is 1. The highest BCUT2D eigenvalue weighted by atomic mass is 32.2. The predicted molar refractivity (Wildman–Crippen MR) is 105 cm³/mol. The molecule has 1 aromatic carbocycles. The third kappa shape index (κ3) is 3.17. The van der Waals surface area contributed by atoms with Gasteiger partial charge < -0.3 is 10.0 Å². The van der Waals surface area contributed by atoms with E-state index in [-0.39, 0.29) is 24.8 Å². The maximum Gasteiger partial charge on any atom is 0.303 e. The molecule has 2 aliphatic heterocycles. The number of hydrogen-bond acceptors (Lipinski definition) is 5. The quantitative estimate of drug-likeness (QED) is 0.459. The molecule has 3 rings (SSSR count). The average Bonchev–Trinajstić information content (AvgIpc) is 3.03. The highest BCUT2D eigenvalue weighted by molar-refractivity contribution is 8.26. The van der Waals surface area contributed by atoms with Crippen LogP contribution in [0, 0.1) is 0 Å². The van der Waals surface area contributed by atoms with Crippen LogP contribution < -0.4 is 4.90 Å². The van der Waals surface area contributed by atoms with Crippen molar-refractivity contribution < 1.29 is 19.5 Å². The van der Waals surface area contributed by atoms with Gasteiger partial charge in [-0.3, -0.25) is 19.3 Å². The molecule has 0 atom stereocenters. The summed E-state index contributed by atoms with van der Waals surface area (Å²) in [6, 6.07) is 7.29. The van der Waals surface area contributed by atoms with E-state index in [4.69, 9.17) is 17.3 Å². The van der Waals surface area contributed by atoms with Crippen LogP contribution in [-0.2, 0) is 14.4 Å². The number of fused-ring (bicyclic) bond motifs is 1. The summed E-state index contributed by atoms with van der Waals surface area (Å²) in [7, 11) is 0. The van der Waals surface area contributed by atoms with Crippen LogP contribution in [0.3, 0.4) is 0 Å². The van der Waals surface area contributed by atoms with E-state index in [9.17, 15) is 14.4 Å². The molecule has 0 bridgehead atoms. The number of aliphatic carboxylic acids is 1. The highest BCUT2D eigenvalue weighted by Crippen LogP contribution is 2.44. The molecule has 6 nitrogen and oxygen atoms in total. The molecule has 1 fully saturated rings. The molecule has 0 saturated carbocycles. The number of nitrogens with zero attached hydrogens (tertiary/aromatic N) is 2. The van der Waals surface area contributed by atoms with E-state index in [1.807, 2.05) is 24.3 Å². The van der Waals surface area contributed by atoms with E-state index in [1.165, 1.54) is 4.90 Å². The average molecular weight is 388 g/mol. The zero-order valence-corrected chi connectivity index (χ0v) is 15.4. The fraction of sp³-hybridized carbons (Fsp3) is 0.222. The Balaban J connectivity index is 1.96. The van der Waals surface area contributed by atoms with E-state index < -0.39 is 5.97 Å². The molecule has 26 heavy (non-hydrogen) atoms. The van der Waals surface area contributed by atoms with Gasteiger partial charge in [0.15, 0.2) is 0 Å². The van der Waals surface area contributed by atoms with Crippen LogP contribution in [0.25, 0.3) is 5.57 Å². The first-order chi connectivity index (χ1) is 12.5. The standard InChI is InChI=1S/C18H16N2O4S2/c1-2-9-19-12-7-4-3-6-11(12)14(16(19)23)15-17(24)20(18(25)26-15)10-5-8-13(21)22/h2-4,6-7H,1,5,8-10H2,(H,21,22). The molecule has 0 aliphatic carbocycles. The Kier molecular flexibility index (Phi) is 5.24. The highest BCUT2D eigenvalue weighted by Gasteiger charge is 2.41. The monoisotopic (exact) mass is 388 g/mol. The van der Waals surface area contributed by atoms with Gasteiger partial charge in [0, 0.05) is 25.1 Å². The Morgan fingerprint density at radius 2 is 1.96 bits per heavy atom. The van der Waals surface area contributed by atoms with Gasteiger partial charge in [-0.2, -0.15) is 0 Å². The lowest BCUT2D eigenvalue weighted by molar-refractivity contribution is -0.137. The van der Waals surface area contributed by atoms with Gasteiger partial charge in [-0.05, 0) is 12.5 Å². The van der Waals surface area contributed by atoms with E-state index in [1.54, 1.807) is 11.0 Å². The number of thiocarbonyl (C=S) groups is 1. The summed E-state index contributed by atoms with van der Waals surface area (Å²) in [5.41, 5.74) is 1.79. The Morgan fingerprint density at radius 3 is 2.65 bits per heavy atom. The number of carbonyl (C=O) groups is 3. The minimum atomic E-state index is -0.922. The zero-order valence-electron chi connectivity index (χ0n) is 13.8. The Bertz CT molecular complexity index is 863. The fourth-order valence-electron chi connectivity index (χ4n) is 2.94. The minimum absolute atomic E-state index is 0.0438. The van der Waals surface area contributed by atoms with Gasteiger partial charge >= 0.3 is 5.97 Å². The van der Waals surface area contributed by atoms with Crippen LogP contribution in [0.2, 0.25) is 0 Å². The number of rotatable bonds is 6. The summed E-state index contributed by atoms with van der Waals surface area (Å²) < 4.78 is 0.343. The maximum absolute atomic E-state index is 12.9. The van der Waals surface area contributed by atoms with Crippen molar-refractivity contribution in [3.8, 4) is 0 Å². The summed E-state index contributed by atoms with van der Waals surface area (Å²) in [5, 5.41) is 8.76. The van der Waals surface area contributed by atoms with E-state index in [2.05, 4.69) is 6.58 Å². The van der Waals surface area contributed by atoms with Gasteiger partial charge in [0.05, 0.1) is 16.2 Å². The summed E-state index contributed by atoms with van der Waals surface area (Å²) >= 11 is 6.36. The number of benzene rings is 1. The number of carboxylic acids is 1. The molecule has 1 N–H and O–H groups in total. The van der Waals surface area contributed by atoms with Gasteiger partial charge in [-0.15, -0.1) is 6.58 Å². The number of para-hydroxylation sites is 1. The number of carbonyl (C=O) groups excluding carboxylic acids is 2. The van der Waals surface area contributed by atoms with Gasteiger partial charge in [-0.25, -0.2) is 0 Å². The summed E-state index contributed by atoms with van der Waals surface area (Å²) in [5.74, 6) is -1.52. The summed E-state index contributed by atoms with van der Waals surface area (Å²) in [4.78, 5) is 39.7. The molecule has 0 unspecified atom stereocenters. The van der Waals surface area contributed by atoms with Crippen molar-refractivity contribution in [1.29, 1.82) is 0 Å². The summed E-state index contributed by atoms with van der Waals surface area (Å²) in [6.07, 6.45) is 1.89. The first kappa shape index (κ1) is 18.3. The lowest BCUT2D eigenvalue weighted by Crippen LogP contribution is -2.30. The second-order valence-corrected chi connectivity index (χ2v) is 7.39. The molecular formula is C18H16N2O4S2. The van der Waals surface area contributed by atoms with Crippen molar-refractivity contribution in [1.82, 2.24) is 4.90 Å². The van der Waals surface area contributed by atoms with Crippen molar-refractivity contribution >= 4 is 57.3 Å². The van der Waals surface area contributed by atoms with Gasteiger partial charge in [0.25, 0.3) is 11.8 Å². The first-order valence-corrected chi connectivity index (χ1v) is 9.20. The van der Waals surface area contributed by atoms with Gasteiger partial charge in [0.2, 0.25) is 0 Å². The van der Waals surface area contributed by atoms with Gasteiger partial charge in [-0.1, -0.05) is 48.3 Å². The molecule has 2 amide bonds. The third-order valence-electron chi connectivity index (χ3n) is 4.08. The predicted octanol–water partition coefficient (Wildman–Crippen LogP) is 2.66. The Morgan fingerprint density at radius 1 is 1.23 bits per heavy atom. The Hall–Kier alpha value is -2.45. The fourth-order valence-corrected chi connectivity index (χ4v) is 4.32. The molecule has 1 saturated heterocycles. The molecule has 2 heterocycles. The minimum Gasteiger partial charge on any atom is -0.481 e. The van der Waals surface area contributed by atoms with Crippen molar-refractivity contribution in [2.75, 3.05) is 18.0 Å². The van der Waals surface area contributed by atoms with E-state index >= 15 is 0 Å². The lowest BCUT2D eigenvalue weighted by atomic mass is 10.1. The molecular weight excluding hydrogens is 372 g/mol. The van der Waals surface area contributed by atoms with E-state index in [0.29, 0.717) is 33.3 Å².